The van der Waals surface area contributed by atoms with Crippen molar-refractivity contribution in [2.75, 3.05) is 51.7 Å². The Morgan fingerprint density at radius 3 is 2.68 bits per heavy atom. The van der Waals surface area contributed by atoms with Gasteiger partial charge in [-0.25, -0.2) is 0 Å². The van der Waals surface area contributed by atoms with Crippen LogP contribution in [0.2, 0.25) is 0 Å². The van der Waals surface area contributed by atoms with E-state index in [2.05, 4.69) is 20.9 Å². The Balaban J connectivity index is 1.75. The summed E-state index contributed by atoms with van der Waals surface area (Å²) in [5.41, 5.74) is 0.479. The van der Waals surface area contributed by atoms with Gasteiger partial charge in [-0.3, -0.25) is 14.5 Å². The van der Waals surface area contributed by atoms with Crippen LogP contribution in [0.15, 0.2) is 24.3 Å². The first-order valence-corrected chi connectivity index (χ1v) is 7.36. The maximum atomic E-state index is 11.9. The number of nitrogens with one attached hydrogen (secondary N) is 3. The molecule has 120 valence electrons. The highest BCUT2D eigenvalue weighted by molar-refractivity contribution is 6.39. The zero-order chi connectivity index (χ0) is 15.8. The van der Waals surface area contributed by atoms with Crippen LogP contribution in [-0.2, 0) is 9.59 Å². The van der Waals surface area contributed by atoms with Crippen LogP contribution in [0, 0.1) is 0 Å². The van der Waals surface area contributed by atoms with Crippen molar-refractivity contribution in [2.24, 2.45) is 0 Å². The number of para-hydroxylation sites is 2. The van der Waals surface area contributed by atoms with E-state index in [1.54, 1.807) is 24.3 Å². The SMILES string of the molecule is COc1ccccc1NC(=O)C(=O)NCCN1CCNCC1. The Labute approximate surface area is 130 Å². The highest BCUT2D eigenvalue weighted by Gasteiger charge is 2.16. The highest BCUT2D eigenvalue weighted by atomic mass is 16.5. The van der Waals surface area contributed by atoms with Gasteiger partial charge in [-0.05, 0) is 12.1 Å². The number of hydrogen-bond acceptors (Lipinski definition) is 5. The minimum absolute atomic E-state index is 0.457. The zero-order valence-electron chi connectivity index (χ0n) is 12.7. The molecule has 1 heterocycles. The number of ether oxygens (including phenoxy) is 1. The fraction of sp³-hybridized carbons (Fsp3) is 0.467. The third kappa shape index (κ3) is 4.71. The maximum Gasteiger partial charge on any atom is 0.313 e. The number of rotatable bonds is 5. The lowest BCUT2D eigenvalue weighted by Gasteiger charge is -2.26. The summed E-state index contributed by atoms with van der Waals surface area (Å²) in [5, 5.41) is 8.45. The molecule has 2 rings (SSSR count). The van der Waals surface area contributed by atoms with E-state index in [1.807, 2.05) is 0 Å². The number of carbonyl (C=O) groups excluding carboxylic acids is 2. The molecule has 1 fully saturated rings. The number of methoxy groups -OCH3 is 1. The Kier molecular flexibility index (Phi) is 6.17. The summed E-state index contributed by atoms with van der Waals surface area (Å²) in [6, 6.07) is 6.96. The van der Waals surface area contributed by atoms with Gasteiger partial charge in [0.05, 0.1) is 12.8 Å². The molecule has 0 spiro atoms. The van der Waals surface area contributed by atoms with Crippen molar-refractivity contribution in [3.05, 3.63) is 24.3 Å². The molecule has 7 heteroatoms. The Hall–Kier alpha value is -2.12. The fourth-order valence-corrected chi connectivity index (χ4v) is 2.27. The van der Waals surface area contributed by atoms with Crippen molar-refractivity contribution in [1.82, 2.24) is 15.5 Å². The maximum absolute atomic E-state index is 11.9. The molecule has 0 bridgehead atoms. The summed E-state index contributed by atoms with van der Waals surface area (Å²) in [5.74, 6) is -0.810. The first-order chi connectivity index (χ1) is 10.7. The van der Waals surface area contributed by atoms with E-state index in [9.17, 15) is 9.59 Å². The van der Waals surface area contributed by atoms with Gasteiger partial charge >= 0.3 is 11.8 Å². The van der Waals surface area contributed by atoms with Gasteiger partial charge in [-0.15, -0.1) is 0 Å². The lowest BCUT2D eigenvalue weighted by atomic mass is 10.3. The van der Waals surface area contributed by atoms with E-state index >= 15 is 0 Å². The summed E-state index contributed by atoms with van der Waals surface area (Å²) in [6.07, 6.45) is 0. The van der Waals surface area contributed by atoms with Gasteiger partial charge in [-0.2, -0.15) is 0 Å². The van der Waals surface area contributed by atoms with Crippen molar-refractivity contribution in [3.63, 3.8) is 0 Å². The van der Waals surface area contributed by atoms with Gasteiger partial charge in [-0.1, -0.05) is 12.1 Å². The smallest absolute Gasteiger partial charge is 0.313 e. The molecule has 0 atom stereocenters. The number of carbonyl (C=O) groups is 2. The van der Waals surface area contributed by atoms with E-state index in [0.29, 0.717) is 18.0 Å². The van der Waals surface area contributed by atoms with Crippen molar-refractivity contribution in [2.45, 2.75) is 0 Å². The molecule has 0 aliphatic carbocycles. The van der Waals surface area contributed by atoms with E-state index in [4.69, 9.17) is 4.74 Å². The molecular formula is C15H22N4O3. The van der Waals surface area contributed by atoms with Gasteiger partial charge in [0, 0.05) is 39.3 Å². The lowest BCUT2D eigenvalue weighted by molar-refractivity contribution is -0.136. The molecule has 1 aromatic rings. The van der Waals surface area contributed by atoms with Crippen LogP contribution < -0.4 is 20.7 Å². The Morgan fingerprint density at radius 1 is 1.23 bits per heavy atom. The second-order valence-electron chi connectivity index (χ2n) is 5.00. The van der Waals surface area contributed by atoms with E-state index < -0.39 is 11.8 Å². The highest BCUT2D eigenvalue weighted by Crippen LogP contribution is 2.22. The fourth-order valence-electron chi connectivity index (χ4n) is 2.27. The van der Waals surface area contributed by atoms with Crippen LogP contribution in [0.1, 0.15) is 0 Å². The molecule has 2 amide bonds. The second kappa shape index (κ2) is 8.35. The summed E-state index contributed by atoms with van der Waals surface area (Å²) in [4.78, 5) is 25.9. The number of benzene rings is 1. The van der Waals surface area contributed by atoms with Gasteiger partial charge < -0.3 is 20.7 Å². The van der Waals surface area contributed by atoms with E-state index in [-0.39, 0.29) is 0 Å². The molecule has 3 N–H and O–H groups in total. The molecule has 1 aliphatic rings. The lowest BCUT2D eigenvalue weighted by Crippen LogP contribution is -2.47. The zero-order valence-corrected chi connectivity index (χ0v) is 12.7. The Bertz CT molecular complexity index is 515. The molecular weight excluding hydrogens is 284 g/mol. The summed E-state index contributed by atoms with van der Waals surface area (Å²) in [7, 11) is 1.51. The summed E-state index contributed by atoms with van der Waals surface area (Å²) >= 11 is 0. The van der Waals surface area contributed by atoms with Crippen LogP contribution in [0.5, 0.6) is 5.75 Å². The largest absolute Gasteiger partial charge is 0.495 e. The first kappa shape index (κ1) is 16.3. The predicted molar refractivity (Wildman–Crippen MR) is 83.9 cm³/mol. The average Bonchev–Trinajstić information content (AvgIpc) is 2.56. The Morgan fingerprint density at radius 2 is 1.95 bits per heavy atom. The average molecular weight is 306 g/mol. The predicted octanol–water partition coefficient (Wildman–Crippen LogP) is -0.345. The third-order valence-corrected chi connectivity index (χ3v) is 3.48. The van der Waals surface area contributed by atoms with Crippen LogP contribution in [0.3, 0.4) is 0 Å². The van der Waals surface area contributed by atoms with Crippen LogP contribution in [0.25, 0.3) is 0 Å². The molecule has 7 nitrogen and oxygen atoms in total. The normalized spacial score (nSPS) is 15.1. The van der Waals surface area contributed by atoms with Gasteiger partial charge in [0.15, 0.2) is 0 Å². The van der Waals surface area contributed by atoms with Crippen molar-refractivity contribution in [1.29, 1.82) is 0 Å². The van der Waals surface area contributed by atoms with Gasteiger partial charge in [0.2, 0.25) is 0 Å². The quantitative estimate of drug-likeness (QED) is 0.648. The van der Waals surface area contributed by atoms with Crippen LogP contribution in [-0.4, -0.2) is 63.1 Å². The van der Waals surface area contributed by atoms with E-state index in [1.165, 1.54) is 7.11 Å². The van der Waals surface area contributed by atoms with Crippen LogP contribution in [0.4, 0.5) is 5.69 Å². The molecule has 22 heavy (non-hydrogen) atoms. The minimum Gasteiger partial charge on any atom is -0.495 e. The topological polar surface area (TPSA) is 82.7 Å². The number of amides is 2. The van der Waals surface area contributed by atoms with Crippen molar-refractivity contribution >= 4 is 17.5 Å². The summed E-state index contributed by atoms with van der Waals surface area (Å²) in [6.45, 7) is 5.05. The molecule has 1 aliphatic heterocycles. The molecule has 0 saturated carbocycles. The van der Waals surface area contributed by atoms with Crippen molar-refractivity contribution in [3.8, 4) is 5.75 Å². The van der Waals surface area contributed by atoms with Crippen LogP contribution >= 0.6 is 0 Å². The van der Waals surface area contributed by atoms with Gasteiger partial charge in [0.25, 0.3) is 0 Å². The van der Waals surface area contributed by atoms with Gasteiger partial charge in [0.1, 0.15) is 5.75 Å². The number of nitrogens with zero attached hydrogens (tertiary/aromatic N) is 1. The molecule has 0 radical (unpaired) electrons. The summed E-state index contributed by atoms with van der Waals surface area (Å²) < 4.78 is 5.13. The molecule has 1 saturated heterocycles. The molecule has 1 aromatic carbocycles. The number of piperazine rings is 1. The van der Waals surface area contributed by atoms with Crippen molar-refractivity contribution < 1.29 is 14.3 Å². The molecule has 0 aromatic heterocycles. The molecule has 0 unspecified atom stereocenters. The third-order valence-electron chi connectivity index (χ3n) is 3.48. The first-order valence-electron chi connectivity index (χ1n) is 7.36. The number of hydrogen-bond donors (Lipinski definition) is 3. The van der Waals surface area contributed by atoms with E-state index in [0.717, 1.165) is 32.7 Å². The monoisotopic (exact) mass is 306 g/mol. The number of anilines is 1. The second-order valence-corrected chi connectivity index (χ2v) is 5.00. The standard InChI is InChI=1S/C15H22N4O3/c1-22-13-5-3-2-4-12(13)18-15(21)14(20)17-8-11-19-9-6-16-7-10-19/h2-5,16H,6-11H2,1H3,(H,17,20)(H,18,21). The minimum atomic E-state index is -0.690.